The Morgan fingerprint density at radius 3 is 2.76 bits per heavy atom. The Morgan fingerprint density at radius 1 is 1.24 bits per heavy atom. The molecule has 1 aromatic carbocycles. The van der Waals surface area contributed by atoms with Gasteiger partial charge in [0.2, 0.25) is 0 Å². The summed E-state index contributed by atoms with van der Waals surface area (Å²) in [5.74, 6) is -1.43. The minimum absolute atomic E-state index is 0.126. The van der Waals surface area contributed by atoms with Gasteiger partial charge < -0.3 is 15.5 Å². The highest BCUT2D eigenvalue weighted by Gasteiger charge is 2.11. The van der Waals surface area contributed by atoms with Gasteiger partial charge in [0.15, 0.2) is 5.13 Å². The predicted octanol–water partition coefficient (Wildman–Crippen LogP) is 4.02. The van der Waals surface area contributed by atoms with Crippen LogP contribution in [0.2, 0.25) is 0 Å². The number of aromatic hydroxyl groups is 1. The maximum absolute atomic E-state index is 10.8. The van der Waals surface area contributed by atoms with Gasteiger partial charge in [0.1, 0.15) is 11.3 Å². The fourth-order valence-electron chi connectivity index (χ4n) is 1.78. The van der Waals surface area contributed by atoms with Gasteiger partial charge in [0.25, 0.3) is 0 Å². The quantitative estimate of drug-likeness (QED) is 0.677. The van der Waals surface area contributed by atoms with Crippen LogP contribution in [0.25, 0.3) is 10.6 Å². The number of phenols is 1. The summed E-state index contributed by atoms with van der Waals surface area (Å²) in [6.45, 7) is 0. The minimum Gasteiger partial charge on any atom is -0.507 e. The maximum Gasteiger partial charge on any atom is 0.339 e. The van der Waals surface area contributed by atoms with E-state index >= 15 is 0 Å². The molecule has 2 heterocycles. The number of carbonyl (C=O) groups is 1. The van der Waals surface area contributed by atoms with E-state index in [0.717, 1.165) is 10.6 Å². The van der Waals surface area contributed by atoms with Crippen LogP contribution in [0.1, 0.15) is 10.4 Å². The van der Waals surface area contributed by atoms with Crippen LogP contribution in [0.15, 0.2) is 41.1 Å². The summed E-state index contributed by atoms with van der Waals surface area (Å²) in [5.41, 5.74) is 1.35. The van der Waals surface area contributed by atoms with Crippen molar-refractivity contribution in [3.8, 4) is 16.3 Å². The summed E-state index contributed by atoms with van der Waals surface area (Å²) in [6.07, 6.45) is 0. The zero-order valence-electron chi connectivity index (χ0n) is 10.6. The number of benzene rings is 1. The van der Waals surface area contributed by atoms with Crippen LogP contribution < -0.4 is 5.32 Å². The molecule has 7 heteroatoms. The molecule has 0 spiro atoms. The molecule has 0 saturated heterocycles. The monoisotopic (exact) mass is 318 g/mol. The number of aromatic carboxylic acids is 1. The van der Waals surface area contributed by atoms with E-state index in [-0.39, 0.29) is 11.3 Å². The van der Waals surface area contributed by atoms with Crippen LogP contribution in [0.5, 0.6) is 5.75 Å². The van der Waals surface area contributed by atoms with Crippen LogP contribution in [-0.4, -0.2) is 21.2 Å². The molecule has 0 unspecified atom stereocenters. The van der Waals surface area contributed by atoms with Crippen LogP contribution >= 0.6 is 22.7 Å². The first-order valence-electron chi connectivity index (χ1n) is 5.96. The number of thiazole rings is 1. The molecule has 0 aliphatic carbocycles. The molecular weight excluding hydrogens is 308 g/mol. The van der Waals surface area contributed by atoms with Gasteiger partial charge >= 0.3 is 5.97 Å². The van der Waals surface area contributed by atoms with Gasteiger partial charge in [-0.3, -0.25) is 0 Å². The van der Waals surface area contributed by atoms with Crippen molar-refractivity contribution in [3.63, 3.8) is 0 Å². The highest BCUT2D eigenvalue weighted by molar-refractivity contribution is 7.16. The molecule has 0 bridgehead atoms. The lowest BCUT2D eigenvalue weighted by Gasteiger charge is -2.05. The van der Waals surface area contributed by atoms with Crippen LogP contribution in [0.3, 0.4) is 0 Å². The third-order valence-corrected chi connectivity index (χ3v) is 4.41. The minimum atomic E-state index is -1.16. The van der Waals surface area contributed by atoms with Crippen molar-refractivity contribution in [1.29, 1.82) is 0 Å². The van der Waals surface area contributed by atoms with Crippen molar-refractivity contribution in [3.05, 3.63) is 46.7 Å². The lowest BCUT2D eigenvalue weighted by molar-refractivity contribution is 0.0694. The number of nitrogens with zero attached hydrogens (tertiary/aromatic N) is 1. The fraction of sp³-hybridized carbons (Fsp3) is 0. The summed E-state index contributed by atoms with van der Waals surface area (Å²) in [5, 5.41) is 26.2. The first kappa shape index (κ1) is 13.6. The molecule has 5 nitrogen and oxygen atoms in total. The Labute approximate surface area is 128 Å². The van der Waals surface area contributed by atoms with E-state index in [1.807, 2.05) is 22.9 Å². The van der Waals surface area contributed by atoms with E-state index in [2.05, 4.69) is 10.3 Å². The molecule has 0 atom stereocenters. The Balaban J connectivity index is 1.81. The highest BCUT2D eigenvalue weighted by atomic mass is 32.1. The van der Waals surface area contributed by atoms with E-state index in [0.29, 0.717) is 10.8 Å². The van der Waals surface area contributed by atoms with Gasteiger partial charge in [0.05, 0.1) is 10.6 Å². The molecule has 3 aromatic rings. The number of hydrogen-bond donors (Lipinski definition) is 3. The van der Waals surface area contributed by atoms with Gasteiger partial charge in [-0.2, -0.15) is 0 Å². The zero-order valence-corrected chi connectivity index (χ0v) is 12.2. The lowest BCUT2D eigenvalue weighted by atomic mass is 10.2. The third-order valence-electron chi connectivity index (χ3n) is 2.76. The lowest BCUT2D eigenvalue weighted by Crippen LogP contribution is -1.97. The molecule has 106 valence electrons. The molecule has 0 aliphatic heterocycles. The number of carboxylic acids is 1. The number of anilines is 2. The van der Waals surface area contributed by atoms with Crippen molar-refractivity contribution < 1.29 is 15.0 Å². The normalized spacial score (nSPS) is 10.5. The summed E-state index contributed by atoms with van der Waals surface area (Å²) in [6, 6.07) is 8.28. The fourth-order valence-corrected chi connectivity index (χ4v) is 3.27. The second-order valence-corrected chi connectivity index (χ2v) is 5.98. The SMILES string of the molecule is O=C(O)c1ccc(Nc2nc(-c3cccs3)cs2)cc1O. The number of hydrogen-bond acceptors (Lipinski definition) is 6. The topological polar surface area (TPSA) is 82.5 Å². The first-order chi connectivity index (χ1) is 10.1. The van der Waals surface area contributed by atoms with E-state index in [1.165, 1.54) is 23.5 Å². The number of nitrogens with one attached hydrogen (secondary N) is 1. The number of aromatic nitrogens is 1. The number of rotatable bonds is 4. The molecule has 21 heavy (non-hydrogen) atoms. The molecule has 3 rings (SSSR count). The van der Waals surface area contributed by atoms with Gasteiger partial charge in [-0.05, 0) is 23.6 Å². The van der Waals surface area contributed by atoms with Crippen molar-refractivity contribution in [2.75, 3.05) is 5.32 Å². The third kappa shape index (κ3) is 2.88. The molecule has 2 aromatic heterocycles. The molecular formula is C14H10N2O3S2. The van der Waals surface area contributed by atoms with Crippen molar-refractivity contribution >= 4 is 39.5 Å². The van der Waals surface area contributed by atoms with E-state index < -0.39 is 5.97 Å². The van der Waals surface area contributed by atoms with E-state index in [4.69, 9.17) is 5.11 Å². The number of thiophene rings is 1. The zero-order chi connectivity index (χ0) is 14.8. The molecule has 0 saturated carbocycles. The first-order valence-corrected chi connectivity index (χ1v) is 7.72. The Bertz CT molecular complexity index is 781. The second-order valence-electron chi connectivity index (χ2n) is 4.18. The highest BCUT2D eigenvalue weighted by Crippen LogP contribution is 2.31. The molecule has 0 aliphatic rings. The summed E-state index contributed by atoms with van der Waals surface area (Å²) >= 11 is 3.06. The Morgan fingerprint density at radius 2 is 2.10 bits per heavy atom. The van der Waals surface area contributed by atoms with Gasteiger partial charge in [-0.1, -0.05) is 6.07 Å². The maximum atomic E-state index is 10.8. The Hall–Kier alpha value is -2.38. The van der Waals surface area contributed by atoms with Gasteiger partial charge in [-0.25, -0.2) is 9.78 Å². The summed E-state index contributed by atoms with van der Waals surface area (Å²) < 4.78 is 0. The van der Waals surface area contributed by atoms with E-state index in [9.17, 15) is 9.90 Å². The van der Waals surface area contributed by atoms with Gasteiger partial charge in [0, 0.05) is 17.1 Å². The summed E-state index contributed by atoms with van der Waals surface area (Å²) in [7, 11) is 0. The van der Waals surface area contributed by atoms with E-state index in [1.54, 1.807) is 17.4 Å². The standard InChI is InChI=1S/C14H10N2O3S2/c17-11-6-8(3-4-9(11)13(18)19)15-14-16-10(7-21-14)12-2-1-5-20-12/h1-7,17H,(H,15,16)(H,18,19). The predicted molar refractivity (Wildman–Crippen MR) is 83.8 cm³/mol. The molecule has 0 fully saturated rings. The summed E-state index contributed by atoms with van der Waals surface area (Å²) in [4.78, 5) is 16.4. The smallest absolute Gasteiger partial charge is 0.339 e. The second kappa shape index (κ2) is 5.55. The van der Waals surface area contributed by atoms with Crippen molar-refractivity contribution in [2.24, 2.45) is 0 Å². The van der Waals surface area contributed by atoms with Gasteiger partial charge in [-0.15, -0.1) is 22.7 Å². The van der Waals surface area contributed by atoms with Crippen LogP contribution in [0.4, 0.5) is 10.8 Å². The van der Waals surface area contributed by atoms with Crippen LogP contribution in [0, 0.1) is 0 Å². The Kier molecular flexibility index (Phi) is 3.59. The molecule has 0 radical (unpaired) electrons. The molecule has 0 amide bonds. The van der Waals surface area contributed by atoms with Crippen molar-refractivity contribution in [1.82, 2.24) is 4.98 Å². The van der Waals surface area contributed by atoms with Crippen molar-refractivity contribution in [2.45, 2.75) is 0 Å². The average molecular weight is 318 g/mol. The largest absolute Gasteiger partial charge is 0.507 e. The molecule has 3 N–H and O–H groups in total. The van der Waals surface area contributed by atoms with Crippen LogP contribution in [-0.2, 0) is 0 Å². The average Bonchev–Trinajstić information content (AvgIpc) is 3.08. The number of carboxylic acid groups (broad SMARTS) is 1.